The van der Waals surface area contributed by atoms with Gasteiger partial charge in [-0.2, -0.15) is 5.10 Å². The van der Waals surface area contributed by atoms with Crippen molar-refractivity contribution in [1.29, 1.82) is 0 Å². The predicted molar refractivity (Wildman–Crippen MR) is 43.6 cm³/mol. The minimum atomic E-state index is 0.538. The molecule has 3 nitrogen and oxygen atoms in total. The van der Waals surface area contributed by atoms with E-state index < -0.39 is 0 Å². The van der Waals surface area contributed by atoms with Crippen molar-refractivity contribution in [2.45, 2.75) is 19.5 Å². The predicted octanol–water partition coefficient (Wildman–Crippen LogP) is 0.365. The van der Waals surface area contributed by atoms with Gasteiger partial charge in [0.25, 0.3) is 0 Å². The van der Waals surface area contributed by atoms with Crippen LogP contribution in [-0.4, -0.2) is 9.78 Å². The van der Waals surface area contributed by atoms with Gasteiger partial charge in [-0.3, -0.25) is 4.68 Å². The monoisotopic (exact) mass is 149 g/mol. The number of aryl methyl sites for hydroxylation is 1. The molecule has 0 radical (unpaired) electrons. The Kier molecular flexibility index (Phi) is 2.70. The molecule has 1 heterocycles. The van der Waals surface area contributed by atoms with E-state index in [1.165, 1.54) is 0 Å². The number of terminal acetylenes is 1. The van der Waals surface area contributed by atoms with Gasteiger partial charge in [0.05, 0.1) is 12.7 Å². The average molecular weight is 149 g/mol. The second-order valence-corrected chi connectivity index (χ2v) is 2.27. The topological polar surface area (TPSA) is 43.8 Å². The fraction of sp³-hybridized carbons (Fsp3) is 0.375. The van der Waals surface area contributed by atoms with Gasteiger partial charge < -0.3 is 5.73 Å². The maximum absolute atomic E-state index is 5.40. The lowest BCUT2D eigenvalue weighted by Gasteiger charge is -1.93. The summed E-state index contributed by atoms with van der Waals surface area (Å²) in [6.45, 7) is 1.31. The van der Waals surface area contributed by atoms with Gasteiger partial charge in [0.1, 0.15) is 0 Å². The van der Waals surface area contributed by atoms with Crippen molar-refractivity contribution in [2.75, 3.05) is 0 Å². The van der Waals surface area contributed by atoms with Crippen LogP contribution in [0.2, 0.25) is 0 Å². The van der Waals surface area contributed by atoms with E-state index in [1.807, 2.05) is 10.9 Å². The zero-order valence-corrected chi connectivity index (χ0v) is 6.33. The lowest BCUT2D eigenvalue weighted by molar-refractivity contribution is 0.629. The average Bonchev–Trinajstić information content (AvgIpc) is 2.48. The van der Waals surface area contributed by atoms with Crippen LogP contribution in [0.15, 0.2) is 12.4 Å². The van der Waals surface area contributed by atoms with Crippen LogP contribution in [-0.2, 0) is 13.1 Å². The van der Waals surface area contributed by atoms with E-state index in [0.717, 1.165) is 12.1 Å². The van der Waals surface area contributed by atoms with Crippen molar-refractivity contribution in [3.63, 3.8) is 0 Å². The molecule has 0 saturated carbocycles. The number of nitrogens with two attached hydrogens (primary N) is 1. The van der Waals surface area contributed by atoms with Gasteiger partial charge in [0, 0.05) is 24.7 Å². The molecule has 1 aromatic heterocycles. The Morgan fingerprint density at radius 2 is 2.55 bits per heavy atom. The smallest absolute Gasteiger partial charge is 0.0534 e. The van der Waals surface area contributed by atoms with Crippen LogP contribution < -0.4 is 5.73 Å². The van der Waals surface area contributed by atoms with Gasteiger partial charge in [-0.05, 0) is 0 Å². The van der Waals surface area contributed by atoms with Gasteiger partial charge in [-0.1, -0.05) is 0 Å². The third kappa shape index (κ3) is 2.10. The van der Waals surface area contributed by atoms with E-state index in [1.54, 1.807) is 6.20 Å². The van der Waals surface area contributed by atoms with Gasteiger partial charge in [-0.15, -0.1) is 12.3 Å². The highest BCUT2D eigenvalue weighted by Crippen LogP contribution is 1.96. The van der Waals surface area contributed by atoms with Gasteiger partial charge in [0.2, 0.25) is 0 Å². The molecule has 1 rings (SSSR count). The molecule has 0 saturated heterocycles. The van der Waals surface area contributed by atoms with Gasteiger partial charge in [0.15, 0.2) is 0 Å². The highest BCUT2D eigenvalue weighted by atomic mass is 15.3. The molecule has 0 fully saturated rings. The van der Waals surface area contributed by atoms with E-state index in [2.05, 4.69) is 11.0 Å². The fourth-order valence-corrected chi connectivity index (χ4v) is 0.813. The van der Waals surface area contributed by atoms with Gasteiger partial charge in [-0.25, -0.2) is 0 Å². The minimum Gasteiger partial charge on any atom is -0.326 e. The maximum atomic E-state index is 5.40. The first kappa shape index (κ1) is 7.83. The van der Waals surface area contributed by atoms with Crippen LogP contribution >= 0.6 is 0 Å². The number of nitrogens with zero attached hydrogens (tertiary/aromatic N) is 2. The molecule has 11 heavy (non-hydrogen) atoms. The van der Waals surface area contributed by atoms with Gasteiger partial charge >= 0.3 is 0 Å². The summed E-state index contributed by atoms with van der Waals surface area (Å²) < 4.78 is 1.81. The van der Waals surface area contributed by atoms with E-state index in [9.17, 15) is 0 Å². The summed E-state index contributed by atoms with van der Waals surface area (Å²) in [7, 11) is 0. The minimum absolute atomic E-state index is 0.538. The van der Waals surface area contributed by atoms with E-state index in [4.69, 9.17) is 12.2 Å². The Balaban J connectivity index is 2.53. The van der Waals surface area contributed by atoms with Crippen LogP contribution in [0.3, 0.4) is 0 Å². The highest BCUT2D eigenvalue weighted by molar-refractivity contribution is 5.02. The van der Waals surface area contributed by atoms with Crippen LogP contribution in [0.4, 0.5) is 0 Å². The highest BCUT2D eigenvalue weighted by Gasteiger charge is 1.93. The largest absolute Gasteiger partial charge is 0.326 e. The number of hydrogen-bond donors (Lipinski definition) is 1. The van der Waals surface area contributed by atoms with Crippen molar-refractivity contribution in [2.24, 2.45) is 5.73 Å². The first-order valence-corrected chi connectivity index (χ1v) is 3.51. The number of hydrogen-bond acceptors (Lipinski definition) is 2. The van der Waals surface area contributed by atoms with E-state index in [0.29, 0.717) is 13.0 Å². The third-order valence-corrected chi connectivity index (χ3v) is 1.41. The van der Waals surface area contributed by atoms with Crippen molar-refractivity contribution in [3.05, 3.63) is 18.0 Å². The molecule has 0 spiro atoms. The molecule has 58 valence electrons. The second-order valence-electron chi connectivity index (χ2n) is 2.27. The first-order valence-electron chi connectivity index (χ1n) is 3.51. The molecule has 0 aliphatic rings. The lowest BCUT2D eigenvalue weighted by Crippen LogP contribution is -1.97. The van der Waals surface area contributed by atoms with Crippen LogP contribution in [0.5, 0.6) is 0 Å². The molecule has 0 amide bonds. The summed E-state index contributed by atoms with van der Waals surface area (Å²) >= 11 is 0. The molecule has 0 unspecified atom stereocenters. The first-order chi connectivity index (χ1) is 5.36. The summed E-state index contributed by atoms with van der Waals surface area (Å²) in [5.41, 5.74) is 6.44. The van der Waals surface area contributed by atoms with Crippen molar-refractivity contribution >= 4 is 0 Å². The summed E-state index contributed by atoms with van der Waals surface area (Å²) in [4.78, 5) is 0. The Bertz CT molecular complexity index is 257. The zero-order valence-electron chi connectivity index (χ0n) is 6.33. The molecule has 1 aromatic rings. The molecule has 0 aliphatic carbocycles. The quantitative estimate of drug-likeness (QED) is 0.631. The van der Waals surface area contributed by atoms with Crippen LogP contribution in [0.1, 0.15) is 12.0 Å². The lowest BCUT2D eigenvalue weighted by atomic mass is 10.4. The van der Waals surface area contributed by atoms with Crippen LogP contribution in [0.25, 0.3) is 0 Å². The Labute approximate surface area is 66.2 Å². The van der Waals surface area contributed by atoms with E-state index >= 15 is 0 Å². The van der Waals surface area contributed by atoms with Crippen molar-refractivity contribution in [1.82, 2.24) is 9.78 Å². The standard InChI is InChI=1S/C8H11N3/c1-2-3-4-11-7-8(5-9)6-10-11/h1,6-7H,3-5,9H2. The summed E-state index contributed by atoms with van der Waals surface area (Å²) in [6, 6.07) is 0. The molecule has 0 atom stereocenters. The normalized spacial score (nSPS) is 9.45. The van der Waals surface area contributed by atoms with Crippen molar-refractivity contribution in [3.8, 4) is 12.3 Å². The Morgan fingerprint density at radius 1 is 1.73 bits per heavy atom. The molecule has 0 aliphatic heterocycles. The third-order valence-electron chi connectivity index (χ3n) is 1.41. The number of aromatic nitrogens is 2. The fourth-order valence-electron chi connectivity index (χ4n) is 0.813. The SMILES string of the molecule is C#CCCn1cc(CN)cn1. The molecule has 0 aromatic carbocycles. The summed E-state index contributed by atoms with van der Waals surface area (Å²) in [5, 5.41) is 4.07. The Morgan fingerprint density at radius 3 is 3.09 bits per heavy atom. The zero-order chi connectivity index (χ0) is 8.10. The second kappa shape index (κ2) is 3.79. The summed E-state index contributed by atoms with van der Waals surface area (Å²) in [5.74, 6) is 2.55. The van der Waals surface area contributed by atoms with E-state index in [-0.39, 0.29) is 0 Å². The maximum Gasteiger partial charge on any atom is 0.0534 e. The number of rotatable bonds is 3. The van der Waals surface area contributed by atoms with Crippen molar-refractivity contribution < 1.29 is 0 Å². The van der Waals surface area contributed by atoms with Crippen LogP contribution in [0, 0.1) is 12.3 Å². The molecular weight excluding hydrogens is 138 g/mol. The Hall–Kier alpha value is -1.27. The molecule has 0 bridgehead atoms. The summed E-state index contributed by atoms with van der Waals surface area (Å²) in [6.07, 6.45) is 9.49. The molecule has 2 N–H and O–H groups in total. The molecular formula is C8H11N3. The molecule has 3 heteroatoms.